The Balaban J connectivity index is 0.000000130. The lowest BCUT2D eigenvalue weighted by Gasteiger charge is -2.40. The number of urea groups is 1. The normalized spacial score (nSPS) is 19.9. The van der Waals surface area contributed by atoms with Crippen molar-refractivity contribution >= 4 is 99.3 Å². The van der Waals surface area contributed by atoms with Crippen LogP contribution >= 0.6 is 22.7 Å². The van der Waals surface area contributed by atoms with Gasteiger partial charge in [-0.2, -0.15) is 5.26 Å². The highest BCUT2D eigenvalue weighted by molar-refractivity contribution is 7.11. The van der Waals surface area contributed by atoms with E-state index in [1.54, 1.807) is 54.9 Å². The van der Waals surface area contributed by atoms with Gasteiger partial charge in [-0.15, -0.1) is 22.7 Å². The summed E-state index contributed by atoms with van der Waals surface area (Å²) in [5, 5.41) is 19.6. The van der Waals surface area contributed by atoms with E-state index in [1.165, 1.54) is 30.7 Å². The fourth-order valence-corrected chi connectivity index (χ4v) is 20.4. The molecule has 0 bridgehead atoms. The summed E-state index contributed by atoms with van der Waals surface area (Å²) in [5.41, 5.74) is 35.6. The fraction of sp³-hybridized carbons (Fsp3) is 0.239. The number of aryl methyl sites for hydroxylation is 2. The summed E-state index contributed by atoms with van der Waals surface area (Å²) in [6.07, 6.45) is 10.8. The smallest absolute Gasteiger partial charge is 0.325 e. The molecule has 142 heavy (non-hydrogen) atoms. The molecule has 0 radical (unpaired) electrons. The number of amides is 8. The number of aromatic nitrogens is 3. The molecule has 29 heteroatoms. The van der Waals surface area contributed by atoms with Crippen LogP contribution in [0.15, 0.2) is 341 Å². The summed E-state index contributed by atoms with van der Waals surface area (Å²) in [5.74, 6) is 0.840. The minimum Gasteiger partial charge on any atom is -0.490 e. The maximum Gasteiger partial charge on any atom is 0.325 e. The van der Waals surface area contributed by atoms with Gasteiger partial charge in [0.15, 0.2) is 34.9 Å². The first-order valence-electron chi connectivity index (χ1n) is 46.7. The third-order valence-corrected chi connectivity index (χ3v) is 28.9. The van der Waals surface area contributed by atoms with Gasteiger partial charge in [-0.05, 0) is 206 Å². The molecule has 6 aliphatic rings. The van der Waals surface area contributed by atoms with Crippen LogP contribution in [0.1, 0.15) is 156 Å². The quantitative estimate of drug-likeness (QED) is 0.0386. The van der Waals surface area contributed by atoms with E-state index >= 15 is 0 Å². The standard InChI is InChI=1S/C32H27N3O3.C26H27N5OS.C22H19N3O.C20H25N3O2S.C13H15N5O/c36-29(28-20-27(28)23-12-4-1-5-13-23)33-26-18-10-11-22(19-26)21-35-30(37)32(34-31(35)38,24-14-6-2-7-15-24)25-16-8-3-9-17-25;1-16-10-18(13-29-12-16)19-11-21(33-14-19)26(4)22(23(32)31(5)24(28)30-26)17-6-8-20(9-7-17)25(2,3)15-27;23-21-24-22(18-12-6-2-7-13-18,19-14-8-3-9-15-19)20(26)25(21)16-17-10-4-1-5-11-17;1-12(2)25-16-7-6-13(3)8-15(16)14-9-17(26-11-14)20(4)10-18(24)23(5)19(21)22-20;1-13(7-11(19)17(2)12(14)16-13)9-3-4-10-15-5-6-18(10)8-9/h1-19,27-28H,20-21H2,(H,33,36)(H,34,38);6-14,22H,1-5H3,(H2,28,30);1-15H,16H2,(H2,23,24);6-9,11-12H,10H2,1-5H3,(H2,21,22);3-6,8H,7H2,1-2H3,(H2,14,16)/t27-,28+;22-,26-;;20-;13-/m01.00/s1. The molecule has 0 unspecified atom stereocenters. The van der Waals surface area contributed by atoms with Gasteiger partial charge in [-0.25, -0.2) is 29.7 Å². The average Bonchev–Trinajstić information content (AvgIpc) is 1.68. The van der Waals surface area contributed by atoms with Crippen molar-refractivity contribution in [1.29, 1.82) is 5.26 Å². The number of nitrogens with zero attached hydrogens (tertiary/aromatic N) is 13. The van der Waals surface area contributed by atoms with Crippen molar-refractivity contribution in [3.05, 3.63) is 397 Å². The highest BCUT2D eigenvalue weighted by Gasteiger charge is 2.55. The SMILES string of the molecule is CN1C(=O)C[C@@](C)(c2ccc3nccn3c2)N=C1N.Cc1ccc(OC(C)C)c(-c2csc([C@]3(C)CC(=O)N(C)C(N)=N3)c2)c1.Cc1cncc(-c2csc([C@@]3(C)N=C(N)N(C)C(=O)[C@H]3c3ccc(C(C)(C)C#N)cc3)c2)c1.NC1=NC(c2ccccc2)(c2ccccc2)C(=O)N1Cc1ccccc1.O=C(Nc1cccc(CN2C(=O)NC(c3ccccc3)(c3ccccc3)C2=O)c1)[C@@H]1C[C@H]1c1ccccc1. The fourth-order valence-electron chi connectivity index (χ4n) is 18.3. The number of guanidine groups is 4. The molecule has 6 atom stereocenters. The number of aliphatic imine (C=N–C) groups is 4. The molecule has 2 fully saturated rings. The van der Waals surface area contributed by atoms with Gasteiger partial charge in [-0.1, -0.05) is 236 Å². The van der Waals surface area contributed by atoms with Crippen molar-refractivity contribution in [1.82, 2.24) is 44.2 Å². The number of rotatable bonds is 20. The van der Waals surface area contributed by atoms with Crippen LogP contribution in [0, 0.1) is 31.1 Å². The van der Waals surface area contributed by atoms with Gasteiger partial charge in [-0.3, -0.25) is 58.3 Å². The van der Waals surface area contributed by atoms with Crippen LogP contribution in [0.5, 0.6) is 5.75 Å². The maximum atomic E-state index is 13.9. The predicted molar refractivity (Wildman–Crippen MR) is 557 cm³/mol. The number of carbonyl (C=O) groups excluding carboxylic acids is 7. The number of hydrogen-bond donors (Lipinski definition) is 6. The van der Waals surface area contributed by atoms with Gasteiger partial charge >= 0.3 is 6.03 Å². The zero-order chi connectivity index (χ0) is 101. The maximum absolute atomic E-state index is 13.9. The number of fused-ring (bicyclic) bond motifs is 1. The number of pyridine rings is 2. The Morgan fingerprint density at radius 2 is 1.09 bits per heavy atom. The number of anilines is 1. The van der Waals surface area contributed by atoms with Gasteiger partial charge in [0.25, 0.3) is 11.8 Å². The Hall–Kier alpha value is -16.3. The monoisotopic (exact) mass is 1930 g/mol. The lowest BCUT2D eigenvalue weighted by atomic mass is 9.76. The van der Waals surface area contributed by atoms with E-state index in [2.05, 4.69) is 102 Å². The van der Waals surface area contributed by atoms with Crippen molar-refractivity contribution in [3.8, 4) is 34.1 Å². The number of imide groups is 1. The molecular formula is C113H113N19O8S2. The number of nitrogens with one attached hydrogen (secondary N) is 2. The third kappa shape index (κ3) is 20.5. The molecule has 20 rings (SSSR count). The van der Waals surface area contributed by atoms with Gasteiger partial charge in [0, 0.05) is 84.6 Å². The van der Waals surface area contributed by atoms with Crippen molar-refractivity contribution in [2.45, 2.75) is 146 Å². The van der Waals surface area contributed by atoms with Gasteiger partial charge in [0.05, 0.1) is 55.0 Å². The van der Waals surface area contributed by atoms with Crippen LogP contribution < -0.4 is 38.3 Å². The summed E-state index contributed by atoms with van der Waals surface area (Å²) < 4.78 is 7.89. The Morgan fingerprint density at radius 1 is 0.542 bits per heavy atom. The Morgan fingerprint density at radius 3 is 1.69 bits per heavy atom. The number of nitriles is 1. The number of benzene rings is 9. The largest absolute Gasteiger partial charge is 0.490 e. The number of nitrogens with two attached hydrogens (primary N) is 4. The molecule has 5 aromatic heterocycles. The molecule has 0 spiro atoms. The Kier molecular flexibility index (Phi) is 28.5. The number of ether oxygens (including phenoxy) is 1. The number of carbonyl (C=O) groups is 7. The van der Waals surface area contributed by atoms with E-state index in [1.807, 2.05) is 321 Å². The first kappa shape index (κ1) is 98.7. The second-order valence-corrected chi connectivity index (χ2v) is 39.4. The number of hydrogen-bond acceptors (Lipinski definition) is 21. The van der Waals surface area contributed by atoms with Crippen molar-refractivity contribution in [2.75, 3.05) is 26.5 Å². The Labute approximate surface area is 834 Å². The molecule has 1 aliphatic carbocycles. The molecule has 14 aromatic rings. The van der Waals surface area contributed by atoms with Crippen LogP contribution in [0.2, 0.25) is 0 Å². The second kappa shape index (κ2) is 41.0. The van der Waals surface area contributed by atoms with Crippen molar-refractivity contribution in [3.63, 3.8) is 0 Å². The molecule has 720 valence electrons. The zero-order valence-corrected chi connectivity index (χ0v) is 82.8. The number of likely N-dealkylation sites (N-methyl/N-ethyl adjacent to an activating group) is 1. The summed E-state index contributed by atoms with van der Waals surface area (Å²) in [6, 6.07) is 90.9. The first-order valence-corrected chi connectivity index (χ1v) is 48.5. The average molecular weight is 1930 g/mol. The topological polar surface area (TPSA) is 376 Å². The minimum atomic E-state index is -1.30. The molecular weight excluding hydrogens is 1820 g/mol. The van der Waals surface area contributed by atoms with E-state index in [-0.39, 0.29) is 83.8 Å². The van der Waals surface area contributed by atoms with Crippen molar-refractivity contribution in [2.24, 2.45) is 48.8 Å². The first-order chi connectivity index (χ1) is 68.0. The van der Waals surface area contributed by atoms with E-state index in [0.717, 1.165) is 94.3 Å². The van der Waals surface area contributed by atoms with E-state index < -0.39 is 45.1 Å². The molecule has 10 heterocycles. The predicted octanol–water partition coefficient (Wildman–Crippen LogP) is 18.0. The summed E-state index contributed by atoms with van der Waals surface area (Å²) >= 11 is 3.17. The molecule has 9 aromatic carbocycles. The van der Waals surface area contributed by atoms with E-state index in [0.29, 0.717) is 36.2 Å². The highest BCUT2D eigenvalue weighted by atomic mass is 32.1. The lowest BCUT2D eigenvalue weighted by molar-refractivity contribution is -0.131. The molecule has 10 N–H and O–H groups in total. The summed E-state index contributed by atoms with van der Waals surface area (Å²) in [6.45, 7) is 18.2. The molecule has 5 aliphatic heterocycles. The molecule has 27 nitrogen and oxygen atoms in total. The van der Waals surface area contributed by atoms with Crippen LogP contribution in [-0.4, -0.2) is 131 Å². The van der Waals surface area contributed by atoms with Gasteiger partial charge in [0.2, 0.25) is 23.6 Å². The van der Waals surface area contributed by atoms with E-state index in [9.17, 15) is 38.8 Å². The van der Waals surface area contributed by atoms with Gasteiger partial charge in [0.1, 0.15) is 22.5 Å². The zero-order valence-electron chi connectivity index (χ0n) is 81.2. The van der Waals surface area contributed by atoms with E-state index in [4.69, 9.17) is 32.7 Å². The van der Waals surface area contributed by atoms with Crippen LogP contribution in [0.25, 0.3) is 27.9 Å². The lowest BCUT2D eigenvalue weighted by Crippen LogP contribution is -2.52. The molecule has 1 saturated carbocycles. The minimum absolute atomic E-state index is 0.0156. The number of imidazole rings is 1. The summed E-state index contributed by atoms with van der Waals surface area (Å²) in [7, 11) is 4.95. The highest BCUT2D eigenvalue weighted by Crippen LogP contribution is 2.51. The van der Waals surface area contributed by atoms with Gasteiger partial charge < -0.3 is 42.7 Å². The van der Waals surface area contributed by atoms with Crippen molar-refractivity contribution < 1.29 is 38.3 Å². The third-order valence-electron chi connectivity index (χ3n) is 26.6. The van der Waals surface area contributed by atoms with Crippen LogP contribution in [-0.2, 0) is 75.0 Å². The molecule has 1 saturated heterocycles. The van der Waals surface area contributed by atoms with Crippen LogP contribution in [0.3, 0.4) is 0 Å². The molecule has 8 amide bonds. The second-order valence-electron chi connectivity index (χ2n) is 37.6. The number of thiophene rings is 2. The summed E-state index contributed by atoms with van der Waals surface area (Å²) in [4.78, 5) is 127. The Bertz CT molecular complexity index is 7150. The van der Waals surface area contributed by atoms with Crippen LogP contribution in [0.4, 0.5) is 10.5 Å².